The minimum Gasteiger partial charge on any atom is -0.463 e. The third kappa shape index (κ3) is 2.88. The second-order valence-electron chi connectivity index (χ2n) is 4.68. The van der Waals surface area contributed by atoms with Gasteiger partial charge in [-0.2, -0.15) is 0 Å². The molecule has 1 aliphatic heterocycles. The van der Waals surface area contributed by atoms with E-state index in [2.05, 4.69) is 5.32 Å². The fourth-order valence-electron chi connectivity index (χ4n) is 2.25. The smallest absolute Gasteiger partial charge is 0.338 e. The lowest BCUT2D eigenvalue weighted by Gasteiger charge is -2.33. The summed E-state index contributed by atoms with van der Waals surface area (Å²) in [5, 5.41) is 3.27. The Labute approximate surface area is 128 Å². The van der Waals surface area contributed by atoms with Crippen molar-refractivity contribution in [3.8, 4) is 0 Å². The summed E-state index contributed by atoms with van der Waals surface area (Å²) in [6, 6.07) is 6.21. The highest BCUT2D eigenvalue weighted by molar-refractivity contribution is 6.31. The summed E-state index contributed by atoms with van der Waals surface area (Å²) in [5.41, 5.74) is 1.62. The zero-order chi connectivity index (χ0) is 15.6. The number of rotatable bonds is 3. The van der Waals surface area contributed by atoms with Crippen LogP contribution in [0.1, 0.15) is 25.5 Å². The third-order valence-corrected chi connectivity index (χ3v) is 3.81. The van der Waals surface area contributed by atoms with Crippen molar-refractivity contribution in [2.24, 2.45) is 0 Å². The van der Waals surface area contributed by atoms with E-state index in [1.54, 1.807) is 39.1 Å². The van der Waals surface area contributed by atoms with Gasteiger partial charge in [-0.15, -0.1) is 0 Å². The van der Waals surface area contributed by atoms with Crippen LogP contribution in [0.25, 0.3) is 0 Å². The van der Waals surface area contributed by atoms with Gasteiger partial charge >= 0.3 is 12.0 Å². The molecule has 1 N–H and O–H groups in total. The van der Waals surface area contributed by atoms with Crippen LogP contribution in [0.15, 0.2) is 35.5 Å². The monoisotopic (exact) mass is 308 g/mol. The number of hydrogen-bond donors (Lipinski definition) is 1. The van der Waals surface area contributed by atoms with Gasteiger partial charge in [-0.25, -0.2) is 9.59 Å². The van der Waals surface area contributed by atoms with Crippen LogP contribution in [0.4, 0.5) is 4.79 Å². The third-order valence-electron chi connectivity index (χ3n) is 3.47. The maximum Gasteiger partial charge on any atom is 0.338 e. The van der Waals surface area contributed by atoms with Crippen LogP contribution in [0, 0.1) is 0 Å². The van der Waals surface area contributed by atoms with Crippen molar-refractivity contribution in [1.29, 1.82) is 0 Å². The second kappa shape index (κ2) is 6.18. The first-order chi connectivity index (χ1) is 9.97. The topological polar surface area (TPSA) is 58.6 Å². The first-order valence-electron chi connectivity index (χ1n) is 6.63. The summed E-state index contributed by atoms with van der Waals surface area (Å²) in [6.45, 7) is 3.72. The van der Waals surface area contributed by atoms with Gasteiger partial charge in [0.25, 0.3) is 0 Å². The molecule has 0 spiro atoms. The molecule has 0 saturated heterocycles. The van der Waals surface area contributed by atoms with Gasteiger partial charge in [-0.1, -0.05) is 29.8 Å². The fourth-order valence-corrected chi connectivity index (χ4v) is 2.50. The number of nitrogens with zero attached hydrogens (tertiary/aromatic N) is 1. The van der Waals surface area contributed by atoms with E-state index >= 15 is 0 Å². The van der Waals surface area contributed by atoms with E-state index in [9.17, 15) is 9.59 Å². The summed E-state index contributed by atoms with van der Waals surface area (Å²) in [5.74, 6) is -0.452. The zero-order valence-electron chi connectivity index (χ0n) is 12.1. The summed E-state index contributed by atoms with van der Waals surface area (Å²) in [7, 11) is 1.60. The van der Waals surface area contributed by atoms with E-state index in [4.69, 9.17) is 16.3 Å². The van der Waals surface area contributed by atoms with Gasteiger partial charge in [0.1, 0.15) is 0 Å². The molecule has 112 valence electrons. The van der Waals surface area contributed by atoms with E-state index in [0.29, 0.717) is 21.9 Å². The second-order valence-corrected chi connectivity index (χ2v) is 5.09. The highest BCUT2D eigenvalue weighted by Gasteiger charge is 2.35. The lowest BCUT2D eigenvalue weighted by atomic mass is 9.95. The summed E-state index contributed by atoms with van der Waals surface area (Å²) < 4.78 is 5.11. The van der Waals surface area contributed by atoms with Crippen molar-refractivity contribution in [2.45, 2.75) is 19.9 Å². The maximum atomic E-state index is 12.3. The molecule has 1 heterocycles. The quantitative estimate of drug-likeness (QED) is 0.874. The minimum atomic E-state index is -0.610. The van der Waals surface area contributed by atoms with Crippen LogP contribution < -0.4 is 5.32 Å². The molecular weight excluding hydrogens is 292 g/mol. The number of halogens is 1. The number of allylic oxidation sites excluding steroid dienone is 1. The van der Waals surface area contributed by atoms with Crippen LogP contribution in [0.5, 0.6) is 0 Å². The molecule has 1 aliphatic rings. The van der Waals surface area contributed by atoms with Gasteiger partial charge in [0, 0.05) is 17.8 Å². The van der Waals surface area contributed by atoms with Crippen LogP contribution in [0.2, 0.25) is 5.02 Å². The van der Waals surface area contributed by atoms with Crippen molar-refractivity contribution in [3.63, 3.8) is 0 Å². The molecule has 0 unspecified atom stereocenters. The molecule has 1 atom stereocenters. The molecule has 0 aromatic heterocycles. The molecule has 2 rings (SSSR count). The Bertz CT molecular complexity index is 613. The van der Waals surface area contributed by atoms with Crippen LogP contribution in [-0.2, 0) is 9.53 Å². The molecule has 0 radical (unpaired) electrons. The van der Waals surface area contributed by atoms with Crippen molar-refractivity contribution in [2.75, 3.05) is 13.7 Å². The number of amides is 2. The average molecular weight is 309 g/mol. The molecule has 2 amide bonds. The van der Waals surface area contributed by atoms with Crippen molar-refractivity contribution in [3.05, 3.63) is 46.1 Å². The molecule has 1 aromatic carbocycles. The molecule has 0 saturated carbocycles. The van der Waals surface area contributed by atoms with Crippen molar-refractivity contribution in [1.82, 2.24) is 10.2 Å². The lowest BCUT2D eigenvalue weighted by molar-refractivity contribution is -0.139. The summed E-state index contributed by atoms with van der Waals surface area (Å²) in [6.07, 6.45) is 0. The predicted molar refractivity (Wildman–Crippen MR) is 79.8 cm³/mol. The number of esters is 1. The summed E-state index contributed by atoms with van der Waals surface area (Å²) >= 11 is 6.20. The predicted octanol–water partition coefficient (Wildman–Crippen LogP) is 2.87. The van der Waals surface area contributed by atoms with E-state index in [1.807, 2.05) is 6.07 Å². The number of hydrogen-bond acceptors (Lipinski definition) is 3. The van der Waals surface area contributed by atoms with Gasteiger partial charge in [0.05, 0.1) is 18.2 Å². The van der Waals surface area contributed by atoms with Gasteiger partial charge in [-0.05, 0) is 25.5 Å². The van der Waals surface area contributed by atoms with E-state index < -0.39 is 12.0 Å². The highest BCUT2D eigenvalue weighted by Crippen LogP contribution is 2.33. The Morgan fingerprint density at radius 3 is 2.71 bits per heavy atom. The van der Waals surface area contributed by atoms with Gasteiger partial charge in [-0.3, -0.25) is 0 Å². The van der Waals surface area contributed by atoms with Crippen LogP contribution >= 0.6 is 11.6 Å². The Balaban J connectivity index is 2.54. The minimum absolute atomic E-state index is 0.266. The average Bonchev–Trinajstić information content (AvgIpc) is 2.45. The number of carbonyl (C=O) groups excluding carboxylic acids is 2. The van der Waals surface area contributed by atoms with Crippen LogP contribution in [0.3, 0.4) is 0 Å². The van der Waals surface area contributed by atoms with E-state index in [1.165, 1.54) is 4.90 Å². The number of nitrogens with one attached hydrogen (secondary N) is 1. The molecule has 0 fully saturated rings. The van der Waals surface area contributed by atoms with Gasteiger partial charge in [0.2, 0.25) is 0 Å². The standard InChI is InChI=1S/C15H17ClN2O3/c1-4-21-14(19)12-9(2)18(3)15(20)17-13(12)10-7-5-6-8-11(10)16/h5-8,13H,4H2,1-3H3,(H,17,20)/t13-/m1/s1. The Morgan fingerprint density at radius 2 is 2.10 bits per heavy atom. The number of urea groups is 1. The number of benzene rings is 1. The molecule has 0 bridgehead atoms. The molecule has 5 nitrogen and oxygen atoms in total. The fraction of sp³-hybridized carbons (Fsp3) is 0.333. The maximum absolute atomic E-state index is 12.3. The zero-order valence-corrected chi connectivity index (χ0v) is 12.9. The molecule has 1 aromatic rings. The molecule has 6 heteroatoms. The molecular formula is C15H17ClN2O3. The van der Waals surface area contributed by atoms with Crippen LogP contribution in [-0.4, -0.2) is 30.6 Å². The number of ether oxygens (including phenoxy) is 1. The first-order valence-corrected chi connectivity index (χ1v) is 7.01. The largest absolute Gasteiger partial charge is 0.463 e. The SMILES string of the molecule is CCOC(=O)C1=C(C)N(C)C(=O)N[C@@H]1c1ccccc1Cl. The Hall–Kier alpha value is -2.01. The normalized spacial score (nSPS) is 18.6. The first kappa shape index (κ1) is 15.4. The number of carbonyl (C=O) groups is 2. The molecule has 0 aliphatic carbocycles. The summed E-state index contributed by atoms with van der Waals surface area (Å²) in [4.78, 5) is 25.7. The van der Waals surface area contributed by atoms with Crippen molar-refractivity contribution >= 4 is 23.6 Å². The van der Waals surface area contributed by atoms with E-state index in [-0.39, 0.29) is 12.6 Å². The Morgan fingerprint density at radius 1 is 1.43 bits per heavy atom. The van der Waals surface area contributed by atoms with Gasteiger partial charge in [0.15, 0.2) is 0 Å². The Kier molecular flexibility index (Phi) is 4.53. The lowest BCUT2D eigenvalue weighted by Crippen LogP contribution is -2.46. The van der Waals surface area contributed by atoms with Gasteiger partial charge < -0.3 is 15.0 Å². The van der Waals surface area contributed by atoms with E-state index in [0.717, 1.165) is 0 Å². The highest BCUT2D eigenvalue weighted by atomic mass is 35.5. The molecule has 21 heavy (non-hydrogen) atoms. The van der Waals surface area contributed by atoms with Crippen molar-refractivity contribution < 1.29 is 14.3 Å².